The van der Waals surface area contributed by atoms with Gasteiger partial charge in [0.05, 0.1) is 16.8 Å². The second-order valence-corrected chi connectivity index (χ2v) is 7.50. The second kappa shape index (κ2) is 8.92. The first-order valence-corrected chi connectivity index (χ1v) is 10.4. The molecular weight excluding hydrogens is 400 g/mol. The molecule has 0 aliphatic heterocycles. The average Bonchev–Trinajstić information content (AvgIpc) is 3.10. The summed E-state index contributed by atoms with van der Waals surface area (Å²) in [4.78, 5) is 29.3. The van der Waals surface area contributed by atoms with Crippen LogP contribution in [0.1, 0.15) is 6.92 Å². The molecule has 0 spiro atoms. The number of esters is 1. The molecule has 1 aromatic heterocycles. The van der Waals surface area contributed by atoms with E-state index in [9.17, 15) is 9.59 Å². The van der Waals surface area contributed by atoms with Crippen LogP contribution < -0.4 is 9.54 Å². The van der Waals surface area contributed by atoms with Gasteiger partial charge in [0, 0.05) is 5.39 Å². The largest absolute Gasteiger partial charge is 0.484 e. The van der Waals surface area contributed by atoms with E-state index in [-0.39, 0.29) is 19.1 Å². The van der Waals surface area contributed by atoms with Gasteiger partial charge < -0.3 is 14.0 Å². The van der Waals surface area contributed by atoms with Crippen molar-refractivity contribution in [2.75, 3.05) is 13.2 Å². The second-order valence-electron chi connectivity index (χ2n) is 6.52. The maximum absolute atomic E-state index is 12.5. The molecule has 0 N–H and O–H groups in total. The highest BCUT2D eigenvalue weighted by molar-refractivity contribution is 7.17. The van der Waals surface area contributed by atoms with Gasteiger partial charge in [-0.1, -0.05) is 59.9 Å². The first-order chi connectivity index (χ1) is 14.7. The van der Waals surface area contributed by atoms with Gasteiger partial charge in [0.25, 0.3) is 5.91 Å². The van der Waals surface area contributed by atoms with Gasteiger partial charge in [0.2, 0.25) is 0 Å². The Balaban J connectivity index is 1.74. The van der Waals surface area contributed by atoms with E-state index in [0.717, 1.165) is 21.0 Å². The maximum Gasteiger partial charge on any atom is 0.326 e. The van der Waals surface area contributed by atoms with Crippen LogP contribution in [-0.4, -0.2) is 29.7 Å². The van der Waals surface area contributed by atoms with Gasteiger partial charge in [-0.05, 0) is 30.5 Å². The van der Waals surface area contributed by atoms with Crippen LogP contribution in [0, 0.1) is 0 Å². The number of aromatic nitrogens is 1. The summed E-state index contributed by atoms with van der Waals surface area (Å²) >= 11 is 1.38. The number of nitrogens with zero attached hydrogens (tertiary/aromatic N) is 2. The van der Waals surface area contributed by atoms with Crippen molar-refractivity contribution in [2.45, 2.75) is 13.5 Å². The van der Waals surface area contributed by atoms with E-state index < -0.39 is 5.91 Å². The molecule has 4 rings (SSSR count). The van der Waals surface area contributed by atoms with Crippen molar-refractivity contribution in [1.82, 2.24) is 4.57 Å². The summed E-state index contributed by atoms with van der Waals surface area (Å²) in [5.41, 5.74) is 0.835. The van der Waals surface area contributed by atoms with E-state index in [2.05, 4.69) is 4.99 Å². The van der Waals surface area contributed by atoms with Crippen molar-refractivity contribution < 1.29 is 19.1 Å². The summed E-state index contributed by atoms with van der Waals surface area (Å²) in [7, 11) is 0. The lowest BCUT2D eigenvalue weighted by atomic mass is 10.1. The summed E-state index contributed by atoms with van der Waals surface area (Å²) in [6.07, 6.45) is 0. The summed E-state index contributed by atoms with van der Waals surface area (Å²) in [5, 5.41) is 2.13. The van der Waals surface area contributed by atoms with Crippen LogP contribution in [0.5, 0.6) is 5.75 Å². The molecule has 3 aromatic carbocycles. The third kappa shape index (κ3) is 4.26. The predicted octanol–water partition coefficient (Wildman–Crippen LogP) is 3.93. The molecule has 0 saturated carbocycles. The van der Waals surface area contributed by atoms with Gasteiger partial charge in [-0.2, -0.15) is 4.99 Å². The lowest BCUT2D eigenvalue weighted by molar-refractivity contribution is -0.143. The fourth-order valence-corrected chi connectivity index (χ4v) is 4.35. The van der Waals surface area contributed by atoms with Gasteiger partial charge in [0.15, 0.2) is 11.4 Å². The Bertz CT molecular complexity index is 1270. The number of carbonyl (C=O) groups is 2. The van der Waals surface area contributed by atoms with E-state index in [1.807, 2.05) is 54.6 Å². The normalized spacial score (nSPS) is 11.7. The van der Waals surface area contributed by atoms with Crippen LogP contribution in [-0.2, 0) is 20.9 Å². The van der Waals surface area contributed by atoms with Crippen LogP contribution in [0.15, 0.2) is 71.7 Å². The molecule has 0 bridgehead atoms. The zero-order valence-electron chi connectivity index (χ0n) is 16.4. The smallest absolute Gasteiger partial charge is 0.326 e. The number of thiazole rings is 1. The molecule has 0 aliphatic carbocycles. The molecule has 152 valence electrons. The highest BCUT2D eigenvalue weighted by Crippen LogP contribution is 2.27. The topological polar surface area (TPSA) is 69.9 Å². The van der Waals surface area contributed by atoms with Crippen molar-refractivity contribution in [3.05, 3.63) is 71.5 Å². The Kier molecular flexibility index (Phi) is 5.90. The van der Waals surface area contributed by atoms with Gasteiger partial charge >= 0.3 is 5.97 Å². The molecule has 1 amide bonds. The van der Waals surface area contributed by atoms with Crippen molar-refractivity contribution in [3.63, 3.8) is 0 Å². The van der Waals surface area contributed by atoms with E-state index >= 15 is 0 Å². The molecule has 4 aromatic rings. The number of amides is 1. The lowest BCUT2D eigenvalue weighted by Gasteiger charge is -2.06. The first-order valence-electron chi connectivity index (χ1n) is 9.58. The number of benzene rings is 3. The Morgan fingerprint density at radius 1 is 1.00 bits per heavy atom. The molecule has 30 heavy (non-hydrogen) atoms. The molecule has 0 aliphatic rings. The highest BCUT2D eigenvalue weighted by Gasteiger charge is 2.14. The first kappa shape index (κ1) is 19.8. The van der Waals surface area contributed by atoms with E-state index in [4.69, 9.17) is 9.47 Å². The number of rotatable bonds is 6. The Morgan fingerprint density at radius 3 is 2.57 bits per heavy atom. The molecule has 1 heterocycles. The summed E-state index contributed by atoms with van der Waals surface area (Å²) in [5.74, 6) is -0.199. The van der Waals surface area contributed by atoms with Crippen LogP contribution in [0.25, 0.3) is 21.0 Å². The lowest BCUT2D eigenvalue weighted by Crippen LogP contribution is -2.24. The van der Waals surface area contributed by atoms with Crippen molar-refractivity contribution >= 4 is 44.2 Å². The fourth-order valence-electron chi connectivity index (χ4n) is 3.17. The number of hydrogen-bond acceptors (Lipinski definition) is 5. The molecule has 0 unspecified atom stereocenters. The minimum Gasteiger partial charge on any atom is -0.484 e. The summed E-state index contributed by atoms with van der Waals surface area (Å²) in [6.45, 7) is 1.86. The molecular formula is C23H20N2O4S. The SMILES string of the molecule is CCOC(=O)Cn1c(=NC(=O)COc2ccccc2)sc2c3ccccc3ccc21. The number of para-hydroxylation sites is 1. The fraction of sp³-hybridized carbons (Fsp3) is 0.174. The third-order valence-electron chi connectivity index (χ3n) is 4.49. The van der Waals surface area contributed by atoms with Gasteiger partial charge in [-0.25, -0.2) is 0 Å². The quantitative estimate of drug-likeness (QED) is 0.443. The Morgan fingerprint density at radius 2 is 1.77 bits per heavy atom. The molecule has 0 saturated heterocycles. The average molecular weight is 420 g/mol. The minimum absolute atomic E-state index is 0.0160. The summed E-state index contributed by atoms with van der Waals surface area (Å²) in [6, 6.07) is 21.0. The van der Waals surface area contributed by atoms with Crippen molar-refractivity contribution in [3.8, 4) is 5.75 Å². The number of ether oxygens (including phenoxy) is 2. The molecule has 7 heteroatoms. The molecule has 0 fully saturated rings. The van der Waals surface area contributed by atoms with Gasteiger partial charge in [-0.15, -0.1) is 0 Å². The van der Waals surface area contributed by atoms with Gasteiger partial charge in [0.1, 0.15) is 12.3 Å². The maximum atomic E-state index is 12.5. The zero-order chi connectivity index (χ0) is 20.9. The number of carbonyl (C=O) groups excluding carboxylic acids is 2. The summed E-state index contributed by atoms with van der Waals surface area (Å²) < 4.78 is 13.3. The molecule has 0 radical (unpaired) electrons. The Hall–Kier alpha value is -3.45. The standard InChI is InChI=1S/C23H20N2O4S/c1-2-28-21(27)14-25-19-13-12-16-8-6-7-11-18(16)22(19)30-23(25)24-20(26)15-29-17-9-4-3-5-10-17/h3-13H,2,14-15H2,1H3. The zero-order valence-corrected chi connectivity index (χ0v) is 17.2. The predicted molar refractivity (Wildman–Crippen MR) is 116 cm³/mol. The molecule has 0 atom stereocenters. The van der Waals surface area contributed by atoms with Gasteiger partial charge in [-0.3, -0.25) is 9.59 Å². The van der Waals surface area contributed by atoms with E-state index in [1.54, 1.807) is 23.6 Å². The van der Waals surface area contributed by atoms with E-state index in [0.29, 0.717) is 17.2 Å². The van der Waals surface area contributed by atoms with E-state index in [1.165, 1.54) is 11.3 Å². The van der Waals surface area contributed by atoms with Crippen molar-refractivity contribution in [2.24, 2.45) is 4.99 Å². The minimum atomic E-state index is -0.424. The van der Waals surface area contributed by atoms with Crippen LogP contribution in [0.2, 0.25) is 0 Å². The highest BCUT2D eigenvalue weighted by atomic mass is 32.1. The van der Waals surface area contributed by atoms with Crippen molar-refractivity contribution in [1.29, 1.82) is 0 Å². The van der Waals surface area contributed by atoms with Crippen LogP contribution in [0.4, 0.5) is 0 Å². The third-order valence-corrected chi connectivity index (χ3v) is 5.62. The monoisotopic (exact) mass is 420 g/mol. The molecule has 6 nitrogen and oxygen atoms in total. The van der Waals surface area contributed by atoms with Crippen LogP contribution in [0.3, 0.4) is 0 Å². The van der Waals surface area contributed by atoms with Crippen LogP contribution >= 0.6 is 11.3 Å². The Labute approximate surface area is 177 Å². The number of fused-ring (bicyclic) bond motifs is 3. The number of hydrogen-bond donors (Lipinski definition) is 0.